The standard InChI is InChI=1S/C22H21N3O6/c1-29-19-13-15(3-9-18(19)31-12-11-23)4-10-20(26)25-17-7-5-16(6-8-17)22(28)24-14-21(27)30-2/h3-10,13H,12,14H2,1-2H3,(H,24,28)(H,25,26)/b10-4+. The fourth-order valence-electron chi connectivity index (χ4n) is 2.40. The molecule has 2 amide bonds. The largest absolute Gasteiger partial charge is 0.493 e. The Morgan fingerprint density at radius 3 is 2.45 bits per heavy atom. The lowest BCUT2D eigenvalue weighted by molar-refractivity contribution is -0.139. The van der Waals surface area contributed by atoms with Crippen LogP contribution in [0.15, 0.2) is 48.5 Å². The topological polar surface area (TPSA) is 127 Å². The van der Waals surface area contributed by atoms with Crippen LogP contribution in [0.4, 0.5) is 5.69 Å². The molecule has 9 heteroatoms. The van der Waals surface area contributed by atoms with Crippen molar-refractivity contribution in [2.45, 2.75) is 0 Å². The lowest BCUT2D eigenvalue weighted by Crippen LogP contribution is -2.30. The molecule has 0 spiro atoms. The van der Waals surface area contributed by atoms with E-state index in [-0.39, 0.29) is 19.1 Å². The molecule has 2 N–H and O–H groups in total. The van der Waals surface area contributed by atoms with Crippen molar-refractivity contribution in [1.29, 1.82) is 5.26 Å². The molecule has 2 rings (SSSR count). The average Bonchev–Trinajstić information content (AvgIpc) is 2.80. The Bertz CT molecular complexity index is 1010. The number of anilines is 1. The number of nitriles is 1. The van der Waals surface area contributed by atoms with Crippen LogP contribution in [-0.4, -0.2) is 45.2 Å². The molecule has 160 valence electrons. The molecule has 0 aromatic heterocycles. The van der Waals surface area contributed by atoms with E-state index < -0.39 is 11.9 Å². The SMILES string of the molecule is COC(=O)CNC(=O)c1ccc(NC(=O)/C=C/c2ccc(OCC#N)c(OC)c2)cc1. The molecule has 0 radical (unpaired) electrons. The van der Waals surface area contributed by atoms with E-state index in [0.717, 1.165) is 0 Å². The fraction of sp³-hybridized carbons (Fsp3) is 0.182. The Morgan fingerprint density at radius 2 is 1.81 bits per heavy atom. The summed E-state index contributed by atoms with van der Waals surface area (Å²) >= 11 is 0. The molecule has 0 unspecified atom stereocenters. The van der Waals surface area contributed by atoms with Crippen LogP contribution in [-0.2, 0) is 14.3 Å². The molecule has 0 saturated carbocycles. The number of esters is 1. The van der Waals surface area contributed by atoms with Crippen LogP contribution >= 0.6 is 0 Å². The normalized spacial score (nSPS) is 10.1. The summed E-state index contributed by atoms with van der Waals surface area (Å²) in [6.07, 6.45) is 2.95. The van der Waals surface area contributed by atoms with Crippen LogP contribution in [0.25, 0.3) is 6.08 Å². The van der Waals surface area contributed by atoms with Crippen LogP contribution in [0.5, 0.6) is 11.5 Å². The number of ether oxygens (including phenoxy) is 3. The Kier molecular flexibility index (Phi) is 8.61. The van der Waals surface area contributed by atoms with E-state index in [2.05, 4.69) is 15.4 Å². The van der Waals surface area contributed by atoms with E-state index in [1.54, 1.807) is 36.4 Å². The molecule has 2 aromatic rings. The highest BCUT2D eigenvalue weighted by Crippen LogP contribution is 2.28. The van der Waals surface area contributed by atoms with Gasteiger partial charge in [0.25, 0.3) is 5.91 Å². The van der Waals surface area contributed by atoms with E-state index >= 15 is 0 Å². The summed E-state index contributed by atoms with van der Waals surface area (Å²) in [6, 6.07) is 13.1. The third kappa shape index (κ3) is 7.21. The van der Waals surface area contributed by atoms with Gasteiger partial charge in [0, 0.05) is 17.3 Å². The molecule has 0 heterocycles. The molecule has 0 aliphatic rings. The Morgan fingerprint density at radius 1 is 1.06 bits per heavy atom. The minimum absolute atomic E-state index is 0.0975. The Balaban J connectivity index is 1.95. The van der Waals surface area contributed by atoms with Gasteiger partial charge in [0.1, 0.15) is 12.6 Å². The van der Waals surface area contributed by atoms with Crippen molar-refractivity contribution >= 4 is 29.5 Å². The van der Waals surface area contributed by atoms with Crippen molar-refractivity contribution in [3.63, 3.8) is 0 Å². The number of nitrogens with zero attached hydrogens (tertiary/aromatic N) is 1. The molecular weight excluding hydrogens is 402 g/mol. The molecule has 0 fully saturated rings. The van der Waals surface area contributed by atoms with Gasteiger partial charge in [0.15, 0.2) is 18.1 Å². The van der Waals surface area contributed by atoms with Gasteiger partial charge >= 0.3 is 5.97 Å². The maximum absolute atomic E-state index is 12.2. The van der Waals surface area contributed by atoms with Crippen molar-refractivity contribution in [3.05, 3.63) is 59.7 Å². The quantitative estimate of drug-likeness (QED) is 0.467. The number of amides is 2. The molecule has 0 aliphatic heterocycles. The molecule has 31 heavy (non-hydrogen) atoms. The molecule has 2 aromatic carbocycles. The predicted molar refractivity (Wildman–Crippen MR) is 113 cm³/mol. The molecule has 9 nitrogen and oxygen atoms in total. The van der Waals surface area contributed by atoms with Gasteiger partial charge in [-0.25, -0.2) is 0 Å². The third-order valence-corrected chi connectivity index (χ3v) is 3.94. The fourth-order valence-corrected chi connectivity index (χ4v) is 2.40. The first kappa shape index (κ1) is 23.0. The van der Waals surface area contributed by atoms with Gasteiger partial charge in [-0.15, -0.1) is 0 Å². The first-order valence-electron chi connectivity index (χ1n) is 9.08. The number of benzene rings is 2. The molecular formula is C22H21N3O6. The lowest BCUT2D eigenvalue weighted by Gasteiger charge is -2.09. The van der Waals surface area contributed by atoms with E-state index in [1.165, 1.54) is 32.4 Å². The maximum Gasteiger partial charge on any atom is 0.325 e. The Labute approximate surface area is 179 Å². The number of hydrogen-bond donors (Lipinski definition) is 2. The van der Waals surface area contributed by atoms with Crippen molar-refractivity contribution in [3.8, 4) is 17.6 Å². The highest BCUT2D eigenvalue weighted by molar-refractivity contribution is 6.02. The predicted octanol–water partition coefficient (Wildman–Crippen LogP) is 2.15. The second-order valence-electron chi connectivity index (χ2n) is 6.02. The summed E-state index contributed by atoms with van der Waals surface area (Å²) in [6.45, 7) is -0.325. The molecule has 0 aliphatic carbocycles. The first-order chi connectivity index (χ1) is 15.0. The van der Waals surface area contributed by atoms with Crippen LogP contribution in [0.1, 0.15) is 15.9 Å². The second-order valence-corrected chi connectivity index (χ2v) is 6.02. The minimum Gasteiger partial charge on any atom is -0.493 e. The average molecular weight is 423 g/mol. The second kappa shape index (κ2) is 11.6. The molecule has 0 atom stereocenters. The van der Waals surface area contributed by atoms with Crippen LogP contribution < -0.4 is 20.1 Å². The van der Waals surface area contributed by atoms with E-state index in [4.69, 9.17) is 14.7 Å². The number of carbonyl (C=O) groups excluding carboxylic acids is 3. The van der Waals surface area contributed by atoms with E-state index in [0.29, 0.717) is 28.3 Å². The number of methoxy groups -OCH3 is 2. The van der Waals surface area contributed by atoms with E-state index in [9.17, 15) is 14.4 Å². The molecule has 0 bridgehead atoms. The van der Waals surface area contributed by atoms with Gasteiger partial charge in [-0.2, -0.15) is 5.26 Å². The smallest absolute Gasteiger partial charge is 0.325 e. The lowest BCUT2D eigenvalue weighted by atomic mass is 10.1. The highest BCUT2D eigenvalue weighted by Gasteiger charge is 2.09. The number of carbonyl (C=O) groups is 3. The van der Waals surface area contributed by atoms with Gasteiger partial charge in [-0.1, -0.05) is 6.07 Å². The van der Waals surface area contributed by atoms with E-state index in [1.807, 2.05) is 6.07 Å². The van der Waals surface area contributed by atoms with Crippen molar-refractivity contribution in [2.24, 2.45) is 0 Å². The zero-order chi connectivity index (χ0) is 22.6. The monoisotopic (exact) mass is 423 g/mol. The van der Waals surface area contributed by atoms with Gasteiger partial charge < -0.3 is 24.8 Å². The Hall–Kier alpha value is -4.32. The summed E-state index contributed by atoms with van der Waals surface area (Å²) in [5.41, 5.74) is 1.54. The van der Waals surface area contributed by atoms with Gasteiger partial charge in [0.2, 0.25) is 5.91 Å². The van der Waals surface area contributed by atoms with Crippen LogP contribution in [0.3, 0.4) is 0 Å². The maximum atomic E-state index is 12.2. The number of nitrogens with one attached hydrogen (secondary N) is 2. The minimum atomic E-state index is -0.550. The summed E-state index contributed by atoms with van der Waals surface area (Å²) in [7, 11) is 2.71. The third-order valence-electron chi connectivity index (χ3n) is 3.94. The van der Waals surface area contributed by atoms with Crippen LogP contribution in [0.2, 0.25) is 0 Å². The summed E-state index contributed by atoms with van der Waals surface area (Å²) in [5.74, 6) is -0.475. The summed E-state index contributed by atoms with van der Waals surface area (Å²) < 4.78 is 14.9. The van der Waals surface area contributed by atoms with Crippen molar-refractivity contribution < 1.29 is 28.6 Å². The van der Waals surface area contributed by atoms with Crippen molar-refractivity contribution in [1.82, 2.24) is 5.32 Å². The highest BCUT2D eigenvalue weighted by atomic mass is 16.5. The zero-order valence-electron chi connectivity index (χ0n) is 17.0. The van der Waals surface area contributed by atoms with Crippen LogP contribution in [0, 0.1) is 11.3 Å². The number of hydrogen-bond acceptors (Lipinski definition) is 7. The summed E-state index contributed by atoms with van der Waals surface area (Å²) in [5, 5.41) is 13.7. The van der Waals surface area contributed by atoms with Crippen molar-refractivity contribution in [2.75, 3.05) is 32.7 Å². The number of rotatable bonds is 9. The zero-order valence-corrected chi connectivity index (χ0v) is 17.0. The van der Waals surface area contributed by atoms with Gasteiger partial charge in [-0.05, 0) is 48.0 Å². The molecule has 0 saturated heterocycles. The van der Waals surface area contributed by atoms with Gasteiger partial charge in [0.05, 0.1) is 14.2 Å². The van der Waals surface area contributed by atoms with Gasteiger partial charge in [-0.3, -0.25) is 14.4 Å². The first-order valence-corrected chi connectivity index (χ1v) is 9.08. The summed E-state index contributed by atoms with van der Waals surface area (Å²) in [4.78, 5) is 35.2.